The lowest BCUT2D eigenvalue weighted by molar-refractivity contribution is -0.133. The fraction of sp³-hybridized carbons (Fsp3) is 0.583. The average Bonchev–Trinajstić information content (AvgIpc) is 2.79. The summed E-state index contributed by atoms with van der Waals surface area (Å²) in [7, 11) is 0. The van der Waals surface area contributed by atoms with Gasteiger partial charge >= 0.3 is 0 Å². The maximum absolute atomic E-state index is 12.3. The van der Waals surface area contributed by atoms with E-state index >= 15 is 0 Å². The van der Waals surface area contributed by atoms with E-state index in [1.807, 2.05) is 11.8 Å². The highest BCUT2D eigenvalue weighted by Gasteiger charge is 2.20. The van der Waals surface area contributed by atoms with Gasteiger partial charge in [-0.15, -0.1) is 0 Å². The highest BCUT2D eigenvalue weighted by atomic mass is 16.5. The van der Waals surface area contributed by atoms with Gasteiger partial charge in [0.05, 0.1) is 5.69 Å². The van der Waals surface area contributed by atoms with Gasteiger partial charge in [-0.05, 0) is 31.9 Å². The van der Waals surface area contributed by atoms with Crippen molar-refractivity contribution >= 4 is 29.6 Å². The SMILES string of the molecule is CCCC(=O)c1cccc(NC(=O)COCCCC(=O)N2CCN(CCC)CC2)c1C=O. The molecule has 2 rings (SSSR count). The Morgan fingerprint density at radius 1 is 1.06 bits per heavy atom. The maximum Gasteiger partial charge on any atom is 0.250 e. The Hall–Kier alpha value is -2.58. The summed E-state index contributed by atoms with van der Waals surface area (Å²) in [5.41, 5.74) is 0.798. The van der Waals surface area contributed by atoms with Gasteiger partial charge in [-0.2, -0.15) is 0 Å². The Kier molecular flexibility index (Phi) is 11.0. The lowest BCUT2D eigenvalue weighted by Gasteiger charge is -2.34. The third-order valence-electron chi connectivity index (χ3n) is 5.45. The molecule has 0 atom stereocenters. The van der Waals surface area contributed by atoms with Gasteiger partial charge in [0.1, 0.15) is 6.61 Å². The maximum atomic E-state index is 12.3. The third-order valence-corrected chi connectivity index (χ3v) is 5.45. The number of aldehydes is 1. The molecule has 1 saturated heterocycles. The van der Waals surface area contributed by atoms with Crippen LogP contribution in [0.5, 0.6) is 0 Å². The topological polar surface area (TPSA) is 96.0 Å². The van der Waals surface area contributed by atoms with Crippen molar-refractivity contribution in [3.63, 3.8) is 0 Å². The summed E-state index contributed by atoms with van der Waals surface area (Å²) < 4.78 is 5.40. The second kappa shape index (κ2) is 13.8. The number of anilines is 1. The molecule has 1 aromatic carbocycles. The largest absolute Gasteiger partial charge is 0.372 e. The van der Waals surface area contributed by atoms with Gasteiger partial charge in [-0.3, -0.25) is 24.1 Å². The van der Waals surface area contributed by atoms with Crippen LogP contribution in [0.1, 0.15) is 66.7 Å². The van der Waals surface area contributed by atoms with Gasteiger partial charge < -0.3 is 15.0 Å². The molecule has 2 amide bonds. The van der Waals surface area contributed by atoms with Crippen LogP contribution in [0.2, 0.25) is 0 Å². The number of piperazine rings is 1. The van der Waals surface area contributed by atoms with Crippen LogP contribution in [0, 0.1) is 0 Å². The summed E-state index contributed by atoms with van der Waals surface area (Å²) in [5, 5.41) is 2.64. The number of carbonyl (C=O) groups excluding carboxylic acids is 4. The van der Waals surface area contributed by atoms with Crippen molar-refractivity contribution in [3.8, 4) is 0 Å². The fourth-order valence-electron chi connectivity index (χ4n) is 3.78. The number of hydrogen-bond acceptors (Lipinski definition) is 6. The first-order valence-corrected chi connectivity index (χ1v) is 11.5. The number of nitrogens with zero attached hydrogens (tertiary/aromatic N) is 2. The second-order valence-corrected chi connectivity index (χ2v) is 7.98. The van der Waals surface area contributed by atoms with Crippen molar-refractivity contribution in [3.05, 3.63) is 29.3 Å². The molecule has 0 bridgehead atoms. The summed E-state index contributed by atoms with van der Waals surface area (Å²) >= 11 is 0. The zero-order valence-corrected chi connectivity index (χ0v) is 19.2. The molecule has 1 N–H and O–H groups in total. The normalized spacial score (nSPS) is 14.2. The zero-order chi connectivity index (χ0) is 23.3. The van der Waals surface area contributed by atoms with E-state index in [0.29, 0.717) is 49.8 Å². The van der Waals surface area contributed by atoms with E-state index in [1.165, 1.54) is 0 Å². The van der Waals surface area contributed by atoms with Crippen molar-refractivity contribution in [1.82, 2.24) is 9.80 Å². The molecule has 0 saturated carbocycles. The number of ketones is 1. The number of Topliss-reactive ketones (excluding diaryl/α,β-unsaturated/α-hetero) is 1. The van der Waals surface area contributed by atoms with Gasteiger partial charge in [-0.1, -0.05) is 26.0 Å². The molecule has 8 nitrogen and oxygen atoms in total. The average molecular weight is 446 g/mol. The van der Waals surface area contributed by atoms with Crippen LogP contribution in [0.25, 0.3) is 0 Å². The lowest BCUT2D eigenvalue weighted by atomic mass is 10.00. The molecule has 1 aliphatic rings. The minimum atomic E-state index is -0.411. The molecule has 32 heavy (non-hydrogen) atoms. The van der Waals surface area contributed by atoms with Crippen LogP contribution in [-0.4, -0.2) is 79.6 Å². The molecule has 1 fully saturated rings. The van der Waals surface area contributed by atoms with E-state index in [4.69, 9.17) is 4.74 Å². The van der Waals surface area contributed by atoms with E-state index in [2.05, 4.69) is 17.1 Å². The van der Waals surface area contributed by atoms with Gasteiger partial charge in [0.25, 0.3) is 0 Å². The Morgan fingerprint density at radius 2 is 1.81 bits per heavy atom. The molecule has 1 heterocycles. The standard InChI is InChI=1S/C24H35N3O5/c1-3-7-22(29)19-8-5-9-21(20(19)17-28)25-23(30)18-32-16-6-10-24(31)27-14-12-26(11-4-2)13-15-27/h5,8-9,17H,3-4,6-7,10-16,18H2,1-2H3,(H,25,30). The van der Waals surface area contributed by atoms with E-state index in [9.17, 15) is 19.2 Å². The highest BCUT2D eigenvalue weighted by molar-refractivity contribution is 6.07. The number of hydrogen-bond donors (Lipinski definition) is 1. The van der Waals surface area contributed by atoms with Crippen LogP contribution in [0.4, 0.5) is 5.69 Å². The Labute approximate surface area is 190 Å². The Bertz CT molecular complexity index is 788. The molecule has 0 aliphatic carbocycles. The van der Waals surface area contributed by atoms with Crippen LogP contribution in [0.3, 0.4) is 0 Å². The van der Waals surface area contributed by atoms with Crippen LogP contribution < -0.4 is 5.32 Å². The van der Waals surface area contributed by atoms with Gasteiger partial charge in [-0.25, -0.2) is 0 Å². The smallest absolute Gasteiger partial charge is 0.250 e. The number of ether oxygens (including phenoxy) is 1. The summed E-state index contributed by atoms with van der Waals surface area (Å²) in [6, 6.07) is 4.82. The molecule has 8 heteroatoms. The number of amides is 2. The first-order chi connectivity index (χ1) is 15.5. The first-order valence-electron chi connectivity index (χ1n) is 11.5. The molecule has 0 aromatic heterocycles. The number of carbonyl (C=O) groups is 4. The molecule has 0 unspecified atom stereocenters. The minimum Gasteiger partial charge on any atom is -0.372 e. The van der Waals surface area contributed by atoms with Crippen LogP contribution in [-0.2, 0) is 14.3 Å². The summed E-state index contributed by atoms with van der Waals surface area (Å²) in [4.78, 5) is 52.5. The first kappa shape index (κ1) is 25.7. The monoisotopic (exact) mass is 445 g/mol. The fourth-order valence-corrected chi connectivity index (χ4v) is 3.78. The molecular weight excluding hydrogens is 410 g/mol. The van der Waals surface area contributed by atoms with Gasteiger partial charge in [0.2, 0.25) is 11.8 Å². The third kappa shape index (κ3) is 7.84. The summed E-state index contributed by atoms with van der Waals surface area (Å²) in [6.07, 6.45) is 3.67. The molecule has 1 aromatic rings. The number of rotatable bonds is 13. The van der Waals surface area contributed by atoms with Crippen molar-refractivity contribution in [2.75, 3.05) is 51.3 Å². The molecule has 176 valence electrons. The van der Waals surface area contributed by atoms with Crippen molar-refractivity contribution in [1.29, 1.82) is 0 Å². The van der Waals surface area contributed by atoms with Crippen LogP contribution >= 0.6 is 0 Å². The molecular formula is C24H35N3O5. The lowest BCUT2D eigenvalue weighted by Crippen LogP contribution is -2.48. The van der Waals surface area contributed by atoms with Crippen molar-refractivity contribution < 1.29 is 23.9 Å². The predicted octanol–water partition coefficient (Wildman–Crippen LogP) is 2.77. The minimum absolute atomic E-state index is 0.124. The Balaban J connectivity index is 1.71. The second-order valence-electron chi connectivity index (χ2n) is 7.98. The van der Waals surface area contributed by atoms with Crippen molar-refractivity contribution in [2.45, 2.75) is 46.0 Å². The summed E-state index contributed by atoms with van der Waals surface area (Å²) in [5.74, 6) is -0.414. The zero-order valence-electron chi connectivity index (χ0n) is 19.2. The van der Waals surface area contributed by atoms with Gasteiger partial charge in [0.15, 0.2) is 12.1 Å². The van der Waals surface area contributed by atoms with E-state index in [0.717, 1.165) is 39.1 Å². The highest BCUT2D eigenvalue weighted by Crippen LogP contribution is 2.20. The van der Waals surface area contributed by atoms with E-state index in [-0.39, 0.29) is 23.9 Å². The molecule has 0 radical (unpaired) electrons. The molecule has 1 aliphatic heterocycles. The quantitative estimate of drug-likeness (QED) is 0.285. The number of nitrogens with one attached hydrogen (secondary N) is 1. The van der Waals surface area contributed by atoms with E-state index < -0.39 is 5.91 Å². The van der Waals surface area contributed by atoms with Gasteiger partial charge in [0, 0.05) is 56.8 Å². The molecule has 0 spiro atoms. The number of benzene rings is 1. The van der Waals surface area contributed by atoms with E-state index in [1.54, 1.807) is 18.2 Å². The summed E-state index contributed by atoms with van der Waals surface area (Å²) in [6.45, 7) is 8.61. The van der Waals surface area contributed by atoms with Crippen LogP contribution in [0.15, 0.2) is 18.2 Å². The van der Waals surface area contributed by atoms with Crippen molar-refractivity contribution in [2.24, 2.45) is 0 Å². The predicted molar refractivity (Wildman–Crippen MR) is 123 cm³/mol. The Morgan fingerprint density at radius 3 is 2.47 bits per heavy atom.